The molecule has 2 saturated carbocycles. The molecule has 4 atom stereocenters. The number of ether oxygens (including phenoxy) is 2. The zero-order chi connectivity index (χ0) is 21.1. The Labute approximate surface area is 175 Å². The fourth-order valence-electron chi connectivity index (χ4n) is 4.97. The van der Waals surface area contributed by atoms with Crippen LogP contribution in [0, 0.1) is 23.7 Å². The largest absolute Gasteiger partial charge is 0.495 e. The molecule has 2 fully saturated rings. The van der Waals surface area contributed by atoms with Gasteiger partial charge >= 0.3 is 5.97 Å². The molecule has 2 aromatic carbocycles. The van der Waals surface area contributed by atoms with E-state index < -0.39 is 24.4 Å². The van der Waals surface area contributed by atoms with Crippen LogP contribution in [-0.4, -0.2) is 31.4 Å². The number of rotatable bonds is 7. The average molecular weight is 407 g/mol. The molecule has 2 bridgehead atoms. The van der Waals surface area contributed by atoms with Gasteiger partial charge in [0.1, 0.15) is 5.75 Å². The van der Waals surface area contributed by atoms with Gasteiger partial charge in [0, 0.05) is 11.5 Å². The lowest BCUT2D eigenvalue weighted by atomic mass is 9.75. The number of Topliss-reactive ketones (excluding diaryl/α,β-unsaturated/α-hetero) is 1. The van der Waals surface area contributed by atoms with Crippen LogP contribution in [0.5, 0.6) is 5.75 Å². The highest BCUT2D eigenvalue weighted by Gasteiger charge is 2.54. The minimum atomic E-state index is -0.476. The predicted molar refractivity (Wildman–Crippen MR) is 111 cm³/mol. The van der Waals surface area contributed by atoms with Crippen LogP contribution < -0.4 is 10.1 Å². The molecule has 30 heavy (non-hydrogen) atoms. The van der Waals surface area contributed by atoms with Crippen LogP contribution in [0.3, 0.4) is 0 Å². The highest BCUT2D eigenvalue weighted by atomic mass is 16.5. The van der Waals surface area contributed by atoms with Crippen molar-refractivity contribution in [2.75, 3.05) is 19.0 Å². The third-order valence-corrected chi connectivity index (χ3v) is 6.28. The summed E-state index contributed by atoms with van der Waals surface area (Å²) in [5.74, 6) is -0.845. The lowest BCUT2D eigenvalue weighted by molar-refractivity contribution is -0.154. The van der Waals surface area contributed by atoms with Gasteiger partial charge in [0.2, 0.25) is 0 Å². The molecule has 0 radical (unpaired) electrons. The molecule has 0 saturated heterocycles. The zero-order valence-electron chi connectivity index (χ0n) is 16.9. The van der Waals surface area contributed by atoms with Gasteiger partial charge in [-0.15, -0.1) is 0 Å². The van der Waals surface area contributed by atoms with Crippen LogP contribution in [-0.2, 0) is 14.3 Å². The molecule has 0 spiro atoms. The number of amides is 1. The molecule has 2 aliphatic rings. The molecule has 1 amide bonds. The lowest BCUT2D eigenvalue weighted by Crippen LogP contribution is -2.37. The van der Waals surface area contributed by atoms with E-state index in [1.807, 2.05) is 18.2 Å². The molecule has 156 valence electrons. The van der Waals surface area contributed by atoms with Gasteiger partial charge in [-0.3, -0.25) is 14.4 Å². The number of ketones is 1. The van der Waals surface area contributed by atoms with Gasteiger partial charge < -0.3 is 14.8 Å². The fourth-order valence-corrected chi connectivity index (χ4v) is 4.97. The van der Waals surface area contributed by atoms with Crippen LogP contribution in [0.1, 0.15) is 29.6 Å². The number of fused-ring (bicyclic) bond motifs is 2. The summed E-state index contributed by atoms with van der Waals surface area (Å²) in [5.41, 5.74) is 1.14. The first-order chi connectivity index (χ1) is 14.6. The van der Waals surface area contributed by atoms with E-state index in [-0.39, 0.29) is 23.5 Å². The van der Waals surface area contributed by atoms with Crippen LogP contribution in [0.25, 0.3) is 0 Å². The first kappa shape index (κ1) is 20.1. The zero-order valence-corrected chi connectivity index (χ0v) is 16.9. The summed E-state index contributed by atoms with van der Waals surface area (Å²) in [6.07, 6.45) is 2.76. The Kier molecular flexibility index (Phi) is 5.84. The van der Waals surface area contributed by atoms with Crippen molar-refractivity contribution in [1.82, 2.24) is 0 Å². The van der Waals surface area contributed by atoms with E-state index in [0.29, 0.717) is 17.0 Å². The molecule has 6 heteroatoms. The Hall–Kier alpha value is -3.15. The van der Waals surface area contributed by atoms with Gasteiger partial charge in [0.25, 0.3) is 5.91 Å². The summed E-state index contributed by atoms with van der Waals surface area (Å²) in [6.45, 7) is -0.392. The molecule has 2 aromatic rings. The second-order valence-corrected chi connectivity index (χ2v) is 7.97. The highest BCUT2D eigenvalue weighted by Crippen LogP contribution is 2.53. The molecular formula is C24H25NO5. The van der Waals surface area contributed by atoms with Crippen LogP contribution in [0.4, 0.5) is 5.69 Å². The number of hydrogen-bond acceptors (Lipinski definition) is 5. The predicted octanol–water partition coefficient (Wildman–Crippen LogP) is 3.72. The number of anilines is 1. The SMILES string of the molecule is COc1ccccc1NC(=O)COC(=O)[C@@H]1[C@H]2CC[C@@H](C2)[C@H]1C(=O)c1ccccc1. The molecule has 0 aromatic heterocycles. The van der Waals surface area contributed by atoms with E-state index >= 15 is 0 Å². The number of methoxy groups -OCH3 is 1. The van der Waals surface area contributed by atoms with Gasteiger partial charge in [-0.2, -0.15) is 0 Å². The maximum atomic E-state index is 13.1. The average Bonchev–Trinajstić information content (AvgIpc) is 3.40. The molecular weight excluding hydrogens is 382 g/mol. The summed E-state index contributed by atoms with van der Waals surface area (Å²) >= 11 is 0. The van der Waals surface area contributed by atoms with E-state index in [4.69, 9.17) is 9.47 Å². The van der Waals surface area contributed by atoms with Crippen molar-refractivity contribution >= 4 is 23.3 Å². The van der Waals surface area contributed by atoms with Crippen LogP contribution in [0.15, 0.2) is 54.6 Å². The summed E-state index contributed by atoms with van der Waals surface area (Å²) in [6, 6.07) is 16.1. The Morgan fingerprint density at radius 1 is 0.933 bits per heavy atom. The number of para-hydroxylation sites is 2. The first-order valence-corrected chi connectivity index (χ1v) is 10.3. The molecule has 4 rings (SSSR count). The fraction of sp³-hybridized carbons (Fsp3) is 0.375. The number of nitrogens with one attached hydrogen (secondary N) is 1. The van der Waals surface area contributed by atoms with E-state index in [9.17, 15) is 14.4 Å². The number of hydrogen-bond donors (Lipinski definition) is 1. The van der Waals surface area contributed by atoms with Crippen molar-refractivity contribution in [3.8, 4) is 5.75 Å². The first-order valence-electron chi connectivity index (χ1n) is 10.3. The van der Waals surface area contributed by atoms with Crippen molar-refractivity contribution in [2.24, 2.45) is 23.7 Å². The van der Waals surface area contributed by atoms with Crippen molar-refractivity contribution in [2.45, 2.75) is 19.3 Å². The third-order valence-electron chi connectivity index (χ3n) is 6.28. The Morgan fingerprint density at radius 2 is 1.60 bits per heavy atom. The summed E-state index contributed by atoms with van der Waals surface area (Å²) in [4.78, 5) is 38.3. The van der Waals surface area contributed by atoms with Gasteiger partial charge in [-0.1, -0.05) is 42.5 Å². The summed E-state index contributed by atoms with van der Waals surface area (Å²) in [7, 11) is 1.52. The summed E-state index contributed by atoms with van der Waals surface area (Å²) in [5, 5.41) is 2.69. The summed E-state index contributed by atoms with van der Waals surface area (Å²) < 4.78 is 10.6. The number of esters is 1. The molecule has 0 heterocycles. The number of carbonyl (C=O) groups excluding carboxylic acids is 3. The highest BCUT2D eigenvalue weighted by molar-refractivity contribution is 6.01. The number of benzene rings is 2. The minimum Gasteiger partial charge on any atom is -0.495 e. The Bertz CT molecular complexity index is 942. The molecule has 1 N–H and O–H groups in total. The Balaban J connectivity index is 1.40. The van der Waals surface area contributed by atoms with Gasteiger partial charge in [-0.25, -0.2) is 0 Å². The second-order valence-electron chi connectivity index (χ2n) is 7.97. The molecule has 2 aliphatic carbocycles. The van der Waals surface area contributed by atoms with E-state index in [1.54, 1.807) is 36.4 Å². The number of carbonyl (C=O) groups is 3. The van der Waals surface area contributed by atoms with Crippen LogP contribution in [0.2, 0.25) is 0 Å². The van der Waals surface area contributed by atoms with E-state index in [1.165, 1.54) is 7.11 Å². The lowest BCUT2D eigenvalue weighted by Gasteiger charge is -2.28. The third kappa shape index (κ3) is 3.95. The smallest absolute Gasteiger partial charge is 0.310 e. The van der Waals surface area contributed by atoms with E-state index in [0.717, 1.165) is 19.3 Å². The monoisotopic (exact) mass is 407 g/mol. The quantitative estimate of drug-likeness (QED) is 0.559. The van der Waals surface area contributed by atoms with Gasteiger partial charge in [0.15, 0.2) is 12.4 Å². The van der Waals surface area contributed by atoms with Crippen molar-refractivity contribution in [3.05, 3.63) is 60.2 Å². The molecule has 0 unspecified atom stereocenters. The van der Waals surface area contributed by atoms with Gasteiger partial charge in [-0.05, 0) is 43.2 Å². The normalized spacial score (nSPS) is 24.3. The van der Waals surface area contributed by atoms with Crippen molar-refractivity contribution in [1.29, 1.82) is 0 Å². The minimum absolute atomic E-state index is 0.00298. The Morgan fingerprint density at radius 3 is 2.33 bits per heavy atom. The topological polar surface area (TPSA) is 81.7 Å². The van der Waals surface area contributed by atoms with Crippen molar-refractivity contribution in [3.63, 3.8) is 0 Å². The maximum Gasteiger partial charge on any atom is 0.310 e. The molecule has 0 aliphatic heterocycles. The van der Waals surface area contributed by atoms with Crippen LogP contribution >= 0.6 is 0 Å². The second kappa shape index (κ2) is 8.69. The van der Waals surface area contributed by atoms with E-state index in [2.05, 4.69) is 5.32 Å². The standard InChI is InChI=1S/C24H25NO5/c1-29-19-10-6-5-9-18(19)25-20(26)14-30-24(28)22-17-12-11-16(13-17)21(22)23(27)15-7-3-2-4-8-15/h2-10,16-17,21-22H,11-14H2,1H3,(H,25,26)/t16-,17-,21+,22+/m0/s1. The molecule has 6 nitrogen and oxygen atoms in total. The van der Waals surface area contributed by atoms with Crippen molar-refractivity contribution < 1.29 is 23.9 Å². The maximum absolute atomic E-state index is 13.1. The van der Waals surface area contributed by atoms with Gasteiger partial charge in [0.05, 0.1) is 18.7 Å².